The zero-order valence-corrected chi connectivity index (χ0v) is 16.9. The summed E-state index contributed by atoms with van der Waals surface area (Å²) in [5, 5.41) is 29.4. The second-order valence-corrected chi connectivity index (χ2v) is 7.60. The molecule has 0 saturated carbocycles. The van der Waals surface area contributed by atoms with Gasteiger partial charge in [-0.2, -0.15) is 5.26 Å². The predicted octanol–water partition coefficient (Wildman–Crippen LogP) is 4.08. The van der Waals surface area contributed by atoms with Crippen LogP contribution in [0.1, 0.15) is 12.0 Å². The van der Waals surface area contributed by atoms with Crippen LogP contribution in [0.2, 0.25) is 5.02 Å². The van der Waals surface area contributed by atoms with E-state index in [0.717, 1.165) is 5.56 Å². The summed E-state index contributed by atoms with van der Waals surface area (Å²) in [6, 6.07) is 17.1. The number of anilines is 1. The van der Waals surface area contributed by atoms with Gasteiger partial charge in [0, 0.05) is 29.1 Å². The highest BCUT2D eigenvalue weighted by Crippen LogP contribution is 2.36. The number of nitrogens with zero attached hydrogens (tertiary/aromatic N) is 3. The number of aromatic nitrogens is 1. The number of carbonyl (C=O) groups is 2. The molecule has 1 unspecified atom stereocenters. The topological polar surface area (TPSA) is 115 Å². The Bertz CT molecular complexity index is 1220. The van der Waals surface area contributed by atoms with Crippen molar-refractivity contribution in [2.24, 2.45) is 5.92 Å². The number of rotatable bonds is 4. The Morgan fingerprint density at radius 2 is 1.77 bits per heavy atom. The summed E-state index contributed by atoms with van der Waals surface area (Å²) in [4.78, 5) is 29.9. The second kappa shape index (κ2) is 8.09. The van der Waals surface area contributed by atoms with E-state index in [-0.39, 0.29) is 30.1 Å². The van der Waals surface area contributed by atoms with E-state index in [2.05, 4.69) is 11.1 Å². The van der Waals surface area contributed by atoms with Crippen LogP contribution in [-0.4, -0.2) is 33.6 Å². The Labute approximate surface area is 182 Å². The standard InChI is InChI=1S/C23H16ClN3O4/c24-16-5-1-14(2-6-16)20-10-18(13-3-7-17(28)8-4-13)19(11-25)22(26-20)27-12-15(23(30)31)9-21(27)29/h1-8,10,15,28H,9,12H2,(H,30,31). The van der Waals surface area contributed by atoms with Crippen LogP contribution in [0.3, 0.4) is 0 Å². The number of pyridine rings is 1. The van der Waals surface area contributed by atoms with Gasteiger partial charge in [0.05, 0.1) is 11.6 Å². The molecule has 1 aromatic heterocycles. The number of phenolic OH excluding ortho intramolecular Hbond substituents is 1. The number of aliphatic carboxylic acids is 1. The maximum atomic E-state index is 12.6. The first-order chi connectivity index (χ1) is 14.9. The van der Waals surface area contributed by atoms with Gasteiger partial charge >= 0.3 is 5.97 Å². The van der Waals surface area contributed by atoms with Gasteiger partial charge in [-0.15, -0.1) is 0 Å². The molecule has 2 aromatic carbocycles. The molecule has 31 heavy (non-hydrogen) atoms. The fourth-order valence-electron chi connectivity index (χ4n) is 3.55. The lowest BCUT2D eigenvalue weighted by atomic mass is 9.98. The molecule has 0 radical (unpaired) electrons. The largest absolute Gasteiger partial charge is 0.508 e. The summed E-state index contributed by atoms with van der Waals surface area (Å²) in [6.45, 7) is -0.0606. The zero-order chi connectivity index (χ0) is 22.1. The van der Waals surface area contributed by atoms with Crippen LogP contribution in [0.4, 0.5) is 5.82 Å². The first-order valence-corrected chi connectivity index (χ1v) is 9.79. The molecule has 2 heterocycles. The van der Waals surface area contributed by atoms with E-state index in [1.165, 1.54) is 17.0 Å². The van der Waals surface area contributed by atoms with Gasteiger partial charge < -0.3 is 10.2 Å². The average Bonchev–Trinajstić information content (AvgIpc) is 3.16. The summed E-state index contributed by atoms with van der Waals surface area (Å²) in [7, 11) is 0. The summed E-state index contributed by atoms with van der Waals surface area (Å²) in [6.07, 6.45) is -0.151. The van der Waals surface area contributed by atoms with E-state index >= 15 is 0 Å². The number of benzene rings is 2. The number of carboxylic acid groups (broad SMARTS) is 1. The van der Waals surface area contributed by atoms with Crippen LogP contribution in [0.5, 0.6) is 5.75 Å². The molecule has 1 fully saturated rings. The number of aromatic hydroxyl groups is 1. The Morgan fingerprint density at radius 3 is 2.35 bits per heavy atom. The van der Waals surface area contributed by atoms with Gasteiger partial charge in [0.1, 0.15) is 17.4 Å². The highest BCUT2D eigenvalue weighted by molar-refractivity contribution is 6.30. The molecule has 4 rings (SSSR count). The van der Waals surface area contributed by atoms with Crippen molar-refractivity contribution in [1.29, 1.82) is 5.26 Å². The molecular weight excluding hydrogens is 418 g/mol. The number of carbonyl (C=O) groups excluding carboxylic acids is 1. The van der Waals surface area contributed by atoms with Crippen LogP contribution < -0.4 is 4.90 Å². The first-order valence-electron chi connectivity index (χ1n) is 9.41. The molecule has 0 bridgehead atoms. The van der Waals surface area contributed by atoms with Crippen molar-refractivity contribution in [3.05, 3.63) is 65.2 Å². The van der Waals surface area contributed by atoms with Crippen molar-refractivity contribution < 1.29 is 19.8 Å². The fraction of sp³-hybridized carbons (Fsp3) is 0.130. The van der Waals surface area contributed by atoms with Gasteiger partial charge in [0.15, 0.2) is 5.82 Å². The molecule has 0 spiro atoms. The van der Waals surface area contributed by atoms with E-state index in [1.807, 2.05) is 0 Å². The smallest absolute Gasteiger partial charge is 0.308 e. The van der Waals surface area contributed by atoms with Gasteiger partial charge in [-0.1, -0.05) is 35.9 Å². The quantitative estimate of drug-likeness (QED) is 0.640. The molecular formula is C23H16ClN3O4. The summed E-state index contributed by atoms with van der Waals surface area (Å²) in [5.41, 5.74) is 2.54. The number of halogens is 1. The second-order valence-electron chi connectivity index (χ2n) is 7.16. The maximum absolute atomic E-state index is 12.6. The van der Waals surface area contributed by atoms with E-state index in [0.29, 0.717) is 21.8 Å². The van der Waals surface area contributed by atoms with Crippen molar-refractivity contribution in [3.63, 3.8) is 0 Å². The molecule has 7 nitrogen and oxygen atoms in total. The molecule has 8 heteroatoms. The Morgan fingerprint density at radius 1 is 1.13 bits per heavy atom. The lowest BCUT2D eigenvalue weighted by Crippen LogP contribution is -2.28. The Balaban J connectivity index is 1.93. The predicted molar refractivity (Wildman–Crippen MR) is 115 cm³/mol. The van der Waals surface area contributed by atoms with Gasteiger partial charge in [-0.05, 0) is 35.9 Å². The number of amides is 1. The van der Waals surface area contributed by atoms with Crippen LogP contribution in [0.25, 0.3) is 22.4 Å². The molecule has 154 valence electrons. The third-order valence-corrected chi connectivity index (χ3v) is 5.41. The third kappa shape index (κ3) is 3.93. The molecule has 2 N–H and O–H groups in total. The SMILES string of the molecule is N#Cc1c(-c2ccc(O)cc2)cc(-c2ccc(Cl)cc2)nc1N1CC(C(=O)O)CC1=O. The van der Waals surface area contributed by atoms with Gasteiger partial charge in [0.25, 0.3) is 0 Å². The minimum absolute atomic E-state index is 0.0606. The average molecular weight is 434 g/mol. The van der Waals surface area contributed by atoms with Crippen molar-refractivity contribution in [2.45, 2.75) is 6.42 Å². The molecule has 1 amide bonds. The minimum atomic E-state index is -1.07. The zero-order valence-electron chi connectivity index (χ0n) is 16.1. The maximum Gasteiger partial charge on any atom is 0.308 e. The highest BCUT2D eigenvalue weighted by atomic mass is 35.5. The molecule has 1 aliphatic heterocycles. The number of hydrogen-bond donors (Lipinski definition) is 2. The van der Waals surface area contributed by atoms with Crippen LogP contribution in [-0.2, 0) is 9.59 Å². The van der Waals surface area contributed by atoms with Crippen molar-refractivity contribution in [1.82, 2.24) is 4.98 Å². The molecule has 0 aliphatic carbocycles. The van der Waals surface area contributed by atoms with Crippen LogP contribution in [0.15, 0.2) is 54.6 Å². The van der Waals surface area contributed by atoms with Gasteiger partial charge in [-0.25, -0.2) is 4.98 Å². The van der Waals surface area contributed by atoms with Crippen LogP contribution in [0, 0.1) is 17.2 Å². The van der Waals surface area contributed by atoms with E-state index < -0.39 is 17.8 Å². The Kier molecular flexibility index (Phi) is 5.32. The number of phenols is 1. The summed E-state index contributed by atoms with van der Waals surface area (Å²) >= 11 is 5.99. The monoisotopic (exact) mass is 433 g/mol. The van der Waals surface area contributed by atoms with Crippen LogP contribution >= 0.6 is 11.6 Å². The van der Waals surface area contributed by atoms with Crippen molar-refractivity contribution in [3.8, 4) is 34.2 Å². The first kappa shape index (κ1) is 20.4. The lowest BCUT2D eigenvalue weighted by Gasteiger charge is -2.20. The highest BCUT2D eigenvalue weighted by Gasteiger charge is 2.37. The fourth-order valence-corrected chi connectivity index (χ4v) is 3.68. The summed E-state index contributed by atoms with van der Waals surface area (Å²) < 4.78 is 0. The number of carboxylic acids is 1. The normalized spacial score (nSPS) is 15.7. The number of nitriles is 1. The van der Waals surface area contributed by atoms with Gasteiger partial charge in [-0.3, -0.25) is 14.5 Å². The van der Waals surface area contributed by atoms with E-state index in [1.54, 1.807) is 42.5 Å². The van der Waals surface area contributed by atoms with Gasteiger partial charge in [0.2, 0.25) is 5.91 Å². The van der Waals surface area contributed by atoms with E-state index in [9.17, 15) is 25.1 Å². The number of hydrogen-bond acceptors (Lipinski definition) is 5. The van der Waals surface area contributed by atoms with Crippen molar-refractivity contribution in [2.75, 3.05) is 11.4 Å². The molecule has 1 aliphatic rings. The van der Waals surface area contributed by atoms with Crippen molar-refractivity contribution >= 4 is 29.3 Å². The lowest BCUT2D eigenvalue weighted by molar-refractivity contribution is -0.141. The summed E-state index contributed by atoms with van der Waals surface area (Å²) in [5.74, 6) is -2.14. The Hall–Kier alpha value is -3.89. The third-order valence-electron chi connectivity index (χ3n) is 5.16. The molecule has 1 atom stereocenters. The molecule has 1 saturated heterocycles. The van der Waals surface area contributed by atoms with E-state index in [4.69, 9.17) is 11.6 Å². The minimum Gasteiger partial charge on any atom is -0.508 e. The molecule has 3 aromatic rings.